The molecule has 0 radical (unpaired) electrons. The highest BCUT2D eigenvalue weighted by atomic mass is 32.2. The van der Waals surface area contributed by atoms with Gasteiger partial charge in [0, 0.05) is 12.1 Å². The smallest absolute Gasteiger partial charge is 0.369 e. The Morgan fingerprint density at radius 3 is 2.93 bits per heavy atom. The van der Waals surface area contributed by atoms with Crippen LogP contribution in [0.25, 0.3) is 16.2 Å². The number of carbonyl (C=O) groups excluding carboxylic acids is 1. The molecule has 2 N–H and O–H groups in total. The number of hydrogen-bond acceptors (Lipinski definition) is 9. The van der Waals surface area contributed by atoms with Crippen LogP contribution in [0.5, 0.6) is 5.75 Å². The second-order valence-corrected chi connectivity index (χ2v) is 9.06. The molecule has 0 bridgehead atoms. The highest BCUT2D eigenvalue weighted by Crippen LogP contribution is 2.35. The SMILES string of the molecule is CCOC(=O)c1nn2c(-c3ccc(OC)c(SNCC4CC(O)C4)c3)c(C)nc2s1. The van der Waals surface area contributed by atoms with Gasteiger partial charge in [-0.3, -0.25) is 4.72 Å². The van der Waals surface area contributed by atoms with Crippen molar-refractivity contribution in [1.82, 2.24) is 19.3 Å². The Bertz CT molecular complexity index is 1060. The maximum Gasteiger partial charge on any atom is 0.369 e. The monoisotopic (exact) mass is 448 g/mol. The number of nitrogens with one attached hydrogen (secondary N) is 1. The zero-order chi connectivity index (χ0) is 21.3. The third kappa shape index (κ3) is 4.18. The molecule has 3 aromatic rings. The fourth-order valence-corrected chi connectivity index (χ4v) is 5.22. The van der Waals surface area contributed by atoms with Crippen molar-refractivity contribution in [1.29, 1.82) is 0 Å². The van der Waals surface area contributed by atoms with E-state index in [1.807, 2.05) is 25.1 Å². The van der Waals surface area contributed by atoms with E-state index in [0.29, 0.717) is 17.5 Å². The van der Waals surface area contributed by atoms with Crippen LogP contribution in [0.4, 0.5) is 0 Å². The molecule has 0 atom stereocenters. The van der Waals surface area contributed by atoms with E-state index in [1.54, 1.807) is 18.5 Å². The molecule has 4 rings (SSSR count). The third-order valence-corrected chi connectivity index (χ3v) is 6.77. The number of aromatic nitrogens is 3. The molecule has 1 aromatic carbocycles. The predicted octanol–water partition coefficient (Wildman–Crippen LogP) is 3.32. The maximum atomic E-state index is 12.0. The number of aryl methyl sites for hydroxylation is 1. The Kier molecular flexibility index (Phi) is 6.28. The molecule has 30 heavy (non-hydrogen) atoms. The second kappa shape index (κ2) is 8.93. The quantitative estimate of drug-likeness (QED) is 0.400. The zero-order valence-electron chi connectivity index (χ0n) is 17.0. The van der Waals surface area contributed by atoms with Crippen LogP contribution in [0.15, 0.2) is 23.1 Å². The number of fused-ring (bicyclic) bond motifs is 1. The molecule has 0 aliphatic heterocycles. The van der Waals surface area contributed by atoms with Gasteiger partial charge in [0.05, 0.1) is 36.1 Å². The van der Waals surface area contributed by atoms with Gasteiger partial charge in [0.15, 0.2) is 0 Å². The molecule has 10 heteroatoms. The van der Waals surface area contributed by atoms with Crippen molar-refractivity contribution < 1.29 is 19.4 Å². The molecule has 2 aromatic heterocycles. The van der Waals surface area contributed by atoms with E-state index in [1.165, 1.54) is 23.3 Å². The van der Waals surface area contributed by atoms with Gasteiger partial charge in [-0.15, -0.1) is 5.10 Å². The topological polar surface area (TPSA) is 98.0 Å². The van der Waals surface area contributed by atoms with Crippen LogP contribution < -0.4 is 9.46 Å². The number of methoxy groups -OCH3 is 1. The fourth-order valence-electron chi connectivity index (χ4n) is 3.46. The van der Waals surface area contributed by atoms with Crippen molar-refractivity contribution in [3.05, 3.63) is 28.9 Å². The van der Waals surface area contributed by atoms with Crippen LogP contribution in [0.3, 0.4) is 0 Å². The lowest BCUT2D eigenvalue weighted by molar-refractivity contribution is 0.0456. The van der Waals surface area contributed by atoms with Crippen LogP contribution in [0.1, 0.15) is 35.3 Å². The molecule has 160 valence electrons. The summed E-state index contributed by atoms with van der Waals surface area (Å²) in [6.07, 6.45) is 1.55. The molecule has 0 spiro atoms. The lowest BCUT2D eigenvalue weighted by atomic mass is 9.83. The highest BCUT2D eigenvalue weighted by Gasteiger charge is 2.26. The Morgan fingerprint density at radius 2 is 2.23 bits per heavy atom. The molecule has 1 aliphatic carbocycles. The number of hydrogen-bond donors (Lipinski definition) is 2. The molecular weight excluding hydrogens is 424 g/mol. The first-order chi connectivity index (χ1) is 14.5. The summed E-state index contributed by atoms with van der Waals surface area (Å²) in [5.41, 5.74) is 2.61. The van der Waals surface area contributed by atoms with Gasteiger partial charge in [0.25, 0.3) is 0 Å². The number of nitrogens with zero attached hydrogens (tertiary/aromatic N) is 3. The third-order valence-electron chi connectivity index (χ3n) is 5.03. The lowest BCUT2D eigenvalue weighted by Gasteiger charge is -2.31. The minimum atomic E-state index is -0.437. The molecule has 0 saturated heterocycles. The van der Waals surface area contributed by atoms with Gasteiger partial charge in [-0.2, -0.15) is 0 Å². The van der Waals surface area contributed by atoms with E-state index in [-0.39, 0.29) is 11.1 Å². The number of esters is 1. The fraction of sp³-hybridized carbons (Fsp3) is 0.450. The summed E-state index contributed by atoms with van der Waals surface area (Å²) in [7, 11) is 1.65. The molecule has 8 nitrogen and oxygen atoms in total. The van der Waals surface area contributed by atoms with E-state index >= 15 is 0 Å². The van der Waals surface area contributed by atoms with Gasteiger partial charge < -0.3 is 14.6 Å². The Labute approximate surface area is 182 Å². The first-order valence-corrected chi connectivity index (χ1v) is 11.4. The largest absolute Gasteiger partial charge is 0.496 e. The predicted molar refractivity (Wildman–Crippen MR) is 116 cm³/mol. The summed E-state index contributed by atoms with van der Waals surface area (Å²) in [6, 6.07) is 5.92. The average Bonchev–Trinajstić information content (AvgIpc) is 3.23. The molecule has 2 heterocycles. The van der Waals surface area contributed by atoms with E-state index in [4.69, 9.17) is 9.47 Å². The summed E-state index contributed by atoms with van der Waals surface area (Å²) in [4.78, 5) is 18.2. The minimum absolute atomic E-state index is 0.149. The van der Waals surface area contributed by atoms with Crippen molar-refractivity contribution in [3.8, 4) is 17.0 Å². The van der Waals surface area contributed by atoms with Crippen molar-refractivity contribution in [3.63, 3.8) is 0 Å². The number of aliphatic hydroxyl groups excluding tert-OH is 1. The Balaban J connectivity index is 1.60. The molecule has 0 unspecified atom stereocenters. The van der Waals surface area contributed by atoms with Gasteiger partial charge in [-0.05, 0) is 62.8 Å². The minimum Gasteiger partial charge on any atom is -0.496 e. The van der Waals surface area contributed by atoms with E-state index in [2.05, 4.69) is 14.8 Å². The van der Waals surface area contributed by atoms with Crippen molar-refractivity contribution in [2.24, 2.45) is 5.92 Å². The molecular formula is C20H24N4O4S2. The standard InChI is InChI=1S/C20H24N4O4S2/c1-4-28-19(26)18-23-24-17(11(2)22-20(24)29-18)13-5-6-15(27-3)16(9-13)30-21-10-12-7-14(25)8-12/h5-6,9,12,14,21,25H,4,7-8,10H2,1-3H3. The van der Waals surface area contributed by atoms with Crippen LogP contribution in [-0.2, 0) is 4.74 Å². The highest BCUT2D eigenvalue weighted by molar-refractivity contribution is 7.97. The van der Waals surface area contributed by atoms with Gasteiger partial charge in [-0.25, -0.2) is 14.3 Å². The summed E-state index contributed by atoms with van der Waals surface area (Å²) in [6.45, 7) is 4.83. The van der Waals surface area contributed by atoms with E-state index in [0.717, 1.165) is 47.0 Å². The van der Waals surface area contributed by atoms with Crippen molar-refractivity contribution in [2.45, 2.75) is 37.7 Å². The van der Waals surface area contributed by atoms with Gasteiger partial charge in [-0.1, -0.05) is 11.3 Å². The average molecular weight is 449 g/mol. The normalized spacial score (nSPS) is 18.4. The zero-order valence-corrected chi connectivity index (χ0v) is 18.7. The van der Waals surface area contributed by atoms with E-state index < -0.39 is 5.97 Å². The molecule has 1 fully saturated rings. The first kappa shape index (κ1) is 21.1. The summed E-state index contributed by atoms with van der Waals surface area (Å²) < 4.78 is 15.7. The number of imidazole rings is 1. The van der Waals surface area contributed by atoms with E-state index in [9.17, 15) is 9.90 Å². The molecule has 1 saturated carbocycles. The van der Waals surface area contributed by atoms with Crippen LogP contribution in [0, 0.1) is 12.8 Å². The van der Waals surface area contributed by atoms with Crippen LogP contribution in [0.2, 0.25) is 0 Å². The summed E-state index contributed by atoms with van der Waals surface area (Å²) in [5.74, 6) is 0.844. The number of carbonyl (C=O) groups is 1. The number of rotatable bonds is 8. The molecule has 1 aliphatic rings. The lowest BCUT2D eigenvalue weighted by Crippen LogP contribution is -2.34. The molecule has 0 amide bonds. The Hall–Kier alpha value is -2.14. The van der Waals surface area contributed by atoms with Crippen molar-refractivity contribution in [2.75, 3.05) is 20.3 Å². The van der Waals surface area contributed by atoms with Crippen LogP contribution in [-0.4, -0.2) is 52.0 Å². The van der Waals surface area contributed by atoms with Crippen LogP contribution >= 0.6 is 23.3 Å². The van der Waals surface area contributed by atoms with Gasteiger partial charge in [0.2, 0.25) is 9.97 Å². The Morgan fingerprint density at radius 1 is 1.43 bits per heavy atom. The summed E-state index contributed by atoms with van der Waals surface area (Å²) >= 11 is 2.73. The maximum absolute atomic E-state index is 12.0. The van der Waals surface area contributed by atoms with Gasteiger partial charge in [0.1, 0.15) is 5.75 Å². The number of benzene rings is 1. The summed E-state index contributed by atoms with van der Waals surface area (Å²) in [5, 5.41) is 14.2. The number of aliphatic hydroxyl groups is 1. The second-order valence-electron chi connectivity index (χ2n) is 7.18. The first-order valence-electron chi connectivity index (χ1n) is 9.79. The van der Waals surface area contributed by atoms with Gasteiger partial charge >= 0.3 is 5.97 Å². The number of ether oxygens (including phenoxy) is 2. The van der Waals surface area contributed by atoms with Crippen molar-refractivity contribution >= 4 is 34.2 Å².